The second-order valence-electron chi connectivity index (χ2n) is 5.67. The van der Waals surface area contributed by atoms with E-state index in [-0.39, 0.29) is 5.82 Å². The average Bonchev–Trinajstić information content (AvgIpc) is 2.86. The molecule has 1 heterocycles. The van der Waals surface area contributed by atoms with Crippen molar-refractivity contribution in [3.8, 4) is 0 Å². The van der Waals surface area contributed by atoms with Gasteiger partial charge in [0.2, 0.25) is 0 Å². The molecule has 0 atom stereocenters. The third-order valence-electron chi connectivity index (χ3n) is 3.35. The minimum Gasteiger partial charge on any atom is -0.468 e. The standard InChI is InChI=1S/C17H23FN2O/c1-13(2)19-10-17-15(8-9-21-17)12-20(3)11-14-6-4-5-7-16(14)18/h4-9,13,19H,10-12H2,1-3H3. The van der Waals surface area contributed by atoms with Crippen LogP contribution in [-0.2, 0) is 19.6 Å². The molecule has 1 aromatic heterocycles. The van der Waals surface area contributed by atoms with Crippen molar-refractivity contribution in [2.45, 2.75) is 39.5 Å². The summed E-state index contributed by atoms with van der Waals surface area (Å²) in [5.41, 5.74) is 1.85. The van der Waals surface area contributed by atoms with Crippen molar-refractivity contribution in [3.63, 3.8) is 0 Å². The van der Waals surface area contributed by atoms with Gasteiger partial charge in [0.05, 0.1) is 12.8 Å². The zero-order chi connectivity index (χ0) is 15.2. The average molecular weight is 290 g/mol. The summed E-state index contributed by atoms with van der Waals surface area (Å²) in [7, 11) is 1.99. The number of nitrogens with one attached hydrogen (secondary N) is 1. The van der Waals surface area contributed by atoms with Gasteiger partial charge in [-0.2, -0.15) is 0 Å². The molecule has 2 rings (SSSR count). The first-order valence-corrected chi connectivity index (χ1v) is 7.27. The van der Waals surface area contributed by atoms with Crippen molar-refractivity contribution in [2.24, 2.45) is 0 Å². The fraction of sp³-hybridized carbons (Fsp3) is 0.412. The number of nitrogens with zero attached hydrogens (tertiary/aromatic N) is 1. The molecule has 0 spiro atoms. The Balaban J connectivity index is 1.95. The molecule has 0 fully saturated rings. The monoisotopic (exact) mass is 290 g/mol. The molecule has 0 amide bonds. The highest BCUT2D eigenvalue weighted by molar-refractivity contribution is 5.19. The summed E-state index contributed by atoms with van der Waals surface area (Å²) in [6.45, 7) is 6.24. The molecule has 1 N–H and O–H groups in total. The quantitative estimate of drug-likeness (QED) is 0.845. The first-order valence-electron chi connectivity index (χ1n) is 7.27. The SMILES string of the molecule is CC(C)NCc1occc1CN(C)Cc1ccccc1F. The normalized spacial score (nSPS) is 11.5. The topological polar surface area (TPSA) is 28.4 Å². The van der Waals surface area contributed by atoms with E-state index in [0.29, 0.717) is 24.7 Å². The summed E-state index contributed by atoms with van der Waals surface area (Å²) < 4.78 is 19.2. The number of hydrogen-bond acceptors (Lipinski definition) is 3. The van der Waals surface area contributed by atoms with Crippen molar-refractivity contribution in [2.75, 3.05) is 7.05 Å². The van der Waals surface area contributed by atoms with Gasteiger partial charge in [0.1, 0.15) is 11.6 Å². The van der Waals surface area contributed by atoms with E-state index in [1.807, 2.05) is 25.2 Å². The lowest BCUT2D eigenvalue weighted by molar-refractivity contribution is 0.309. The Hall–Kier alpha value is -1.65. The maximum Gasteiger partial charge on any atom is 0.127 e. The Labute approximate surface area is 125 Å². The molecule has 3 nitrogen and oxygen atoms in total. The largest absolute Gasteiger partial charge is 0.468 e. The Bertz CT molecular complexity index is 565. The second kappa shape index (κ2) is 7.38. The van der Waals surface area contributed by atoms with Crippen LogP contribution in [0, 0.1) is 5.82 Å². The Morgan fingerprint density at radius 2 is 1.86 bits per heavy atom. The second-order valence-corrected chi connectivity index (χ2v) is 5.67. The molecule has 0 bridgehead atoms. The van der Waals surface area contributed by atoms with E-state index in [2.05, 4.69) is 24.1 Å². The number of benzene rings is 1. The predicted molar refractivity (Wildman–Crippen MR) is 82.3 cm³/mol. The smallest absolute Gasteiger partial charge is 0.127 e. The number of hydrogen-bond donors (Lipinski definition) is 1. The van der Waals surface area contributed by atoms with Gasteiger partial charge >= 0.3 is 0 Å². The highest BCUT2D eigenvalue weighted by atomic mass is 19.1. The summed E-state index contributed by atoms with van der Waals surface area (Å²) in [4.78, 5) is 2.09. The van der Waals surface area contributed by atoms with Crippen LogP contribution in [0.5, 0.6) is 0 Å². The molecule has 114 valence electrons. The summed E-state index contributed by atoms with van der Waals surface area (Å²) in [6.07, 6.45) is 1.71. The zero-order valence-electron chi connectivity index (χ0n) is 12.9. The van der Waals surface area contributed by atoms with E-state index in [9.17, 15) is 4.39 Å². The summed E-state index contributed by atoms with van der Waals surface area (Å²) >= 11 is 0. The van der Waals surface area contributed by atoms with E-state index in [4.69, 9.17) is 4.42 Å². The number of rotatable bonds is 7. The highest BCUT2D eigenvalue weighted by Crippen LogP contribution is 2.15. The van der Waals surface area contributed by atoms with Gasteiger partial charge in [-0.3, -0.25) is 4.90 Å². The van der Waals surface area contributed by atoms with Crippen molar-refractivity contribution in [1.29, 1.82) is 0 Å². The summed E-state index contributed by atoms with van der Waals surface area (Å²) in [5, 5.41) is 3.35. The molecule has 2 aromatic rings. The van der Waals surface area contributed by atoms with Gasteiger partial charge < -0.3 is 9.73 Å². The van der Waals surface area contributed by atoms with Crippen LogP contribution in [0.15, 0.2) is 41.0 Å². The lowest BCUT2D eigenvalue weighted by Crippen LogP contribution is -2.23. The van der Waals surface area contributed by atoms with Crippen LogP contribution < -0.4 is 5.32 Å². The molecule has 0 radical (unpaired) electrons. The van der Waals surface area contributed by atoms with Crippen LogP contribution in [-0.4, -0.2) is 18.0 Å². The van der Waals surface area contributed by atoms with Crippen LogP contribution in [0.4, 0.5) is 4.39 Å². The van der Waals surface area contributed by atoms with E-state index < -0.39 is 0 Å². The lowest BCUT2D eigenvalue weighted by Gasteiger charge is -2.17. The van der Waals surface area contributed by atoms with E-state index in [1.54, 1.807) is 12.3 Å². The summed E-state index contributed by atoms with van der Waals surface area (Å²) in [5.74, 6) is 0.794. The van der Waals surface area contributed by atoms with Crippen LogP contribution >= 0.6 is 0 Å². The van der Waals surface area contributed by atoms with Crippen molar-refractivity contribution < 1.29 is 8.81 Å². The minimum atomic E-state index is -0.154. The Morgan fingerprint density at radius 1 is 1.14 bits per heavy atom. The molecule has 0 saturated heterocycles. The third-order valence-corrected chi connectivity index (χ3v) is 3.35. The molecule has 0 aliphatic carbocycles. The molecule has 0 unspecified atom stereocenters. The fourth-order valence-corrected chi connectivity index (χ4v) is 2.22. The van der Waals surface area contributed by atoms with E-state index in [0.717, 1.165) is 17.9 Å². The molecule has 21 heavy (non-hydrogen) atoms. The van der Waals surface area contributed by atoms with Crippen LogP contribution in [0.25, 0.3) is 0 Å². The van der Waals surface area contributed by atoms with Crippen molar-refractivity contribution >= 4 is 0 Å². The van der Waals surface area contributed by atoms with Gasteiger partial charge in [-0.05, 0) is 19.2 Å². The maximum atomic E-state index is 13.7. The van der Waals surface area contributed by atoms with Crippen molar-refractivity contribution in [3.05, 3.63) is 59.3 Å². The van der Waals surface area contributed by atoms with Gasteiger partial charge in [0, 0.05) is 30.3 Å². The summed E-state index contributed by atoms with van der Waals surface area (Å²) in [6, 6.07) is 9.29. The van der Waals surface area contributed by atoms with Gasteiger partial charge in [-0.1, -0.05) is 32.0 Å². The molecular formula is C17H23FN2O. The lowest BCUT2D eigenvalue weighted by atomic mass is 10.2. The highest BCUT2D eigenvalue weighted by Gasteiger charge is 2.11. The first-order chi connectivity index (χ1) is 10.1. The molecule has 4 heteroatoms. The Kier molecular flexibility index (Phi) is 5.53. The molecule has 0 aliphatic rings. The van der Waals surface area contributed by atoms with Gasteiger partial charge in [-0.15, -0.1) is 0 Å². The first kappa shape index (κ1) is 15.7. The van der Waals surface area contributed by atoms with Crippen LogP contribution in [0.3, 0.4) is 0 Å². The third kappa shape index (κ3) is 4.69. The number of halogens is 1. The van der Waals surface area contributed by atoms with Gasteiger partial charge in [0.25, 0.3) is 0 Å². The van der Waals surface area contributed by atoms with Gasteiger partial charge in [0.15, 0.2) is 0 Å². The minimum absolute atomic E-state index is 0.154. The zero-order valence-corrected chi connectivity index (χ0v) is 12.9. The number of furan rings is 1. The molecule has 0 aliphatic heterocycles. The van der Waals surface area contributed by atoms with E-state index in [1.165, 1.54) is 6.07 Å². The predicted octanol–water partition coefficient (Wildman–Crippen LogP) is 3.55. The van der Waals surface area contributed by atoms with Crippen molar-refractivity contribution in [1.82, 2.24) is 10.2 Å². The Morgan fingerprint density at radius 3 is 2.57 bits per heavy atom. The molecule has 0 saturated carbocycles. The molecular weight excluding hydrogens is 267 g/mol. The molecule has 1 aromatic carbocycles. The fourth-order valence-electron chi connectivity index (χ4n) is 2.22. The van der Waals surface area contributed by atoms with Crippen LogP contribution in [0.1, 0.15) is 30.7 Å². The van der Waals surface area contributed by atoms with Crippen LogP contribution in [0.2, 0.25) is 0 Å². The van der Waals surface area contributed by atoms with E-state index >= 15 is 0 Å². The van der Waals surface area contributed by atoms with Gasteiger partial charge in [-0.25, -0.2) is 4.39 Å². The maximum absolute atomic E-state index is 13.7.